The first-order valence-corrected chi connectivity index (χ1v) is 7.42. The SMILES string of the molecule is S=C(S)N(c1cnccn1)N(C(=S)S)c1nccs1. The van der Waals surface area contributed by atoms with Gasteiger partial charge in [-0.1, -0.05) is 24.4 Å². The summed E-state index contributed by atoms with van der Waals surface area (Å²) >= 11 is 20.1. The first-order valence-electron chi connectivity index (χ1n) is 4.83. The Morgan fingerprint density at radius 1 is 1.05 bits per heavy atom. The fraction of sp³-hybridized carbons (Fsp3) is 0. The molecule has 0 aliphatic heterocycles. The Kier molecular flexibility index (Phi) is 5.05. The van der Waals surface area contributed by atoms with E-state index in [0.717, 1.165) is 0 Å². The maximum absolute atomic E-state index is 5.13. The zero-order chi connectivity index (χ0) is 13.8. The van der Waals surface area contributed by atoms with Crippen LogP contribution >= 0.6 is 61.0 Å². The minimum Gasteiger partial charge on any atom is -0.259 e. The molecule has 2 heterocycles. The standard InChI is InChI=1S/C9H7N5S5/c15-8(16)13(6-5-10-1-2-11-6)14(9(17)18)7-12-3-4-19-7/h1-5H,(H,15,16)(H,17,18). The Morgan fingerprint density at radius 3 is 2.26 bits per heavy atom. The Balaban J connectivity index is 2.48. The van der Waals surface area contributed by atoms with Crippen LogP contribution < -0.4 is 10.0 Å². The molecule has 2 aromatic heterocycles. The minimum absolute atomic E-state index is 0.257. The zero-order valence-corrected chi connectivity index (χ0v) is 13.5. The molecule has 2 aromatic rings. The third-order valence-corrected chi connectivity index (χ3v) is 3.40. The number of aromatic nitrogens is 3. The van der Waals surface area contributed by atoms with E-state index in [-0.39, 0.29) is 8.64 Å². The van der Waals surface area contributed by atoms with Gasteiger partial charge in [0.2, 0.25) is 5.13 Å². The molecule has 10 heteroatoms. The van der Waals surface area contributed by atoms with E-state index >= 15 is 0 Å². The van der Waals surface area contributed by atoms with Crippen LogP contribution in [0.3, 0.4) is 0 Å². The topological polar surface area (TPSA) is 45.2 Å². The van der Waals surface area contributed by atoms with E-state index in [1.165, 1.54) is 16.3 Å². The lowest BCUT2D eigenvalue weighted by Crippen LogP contribution is -2.46. The molecule has 2 rings (SSSR count). The molecule has 0 aliphatic rings. The van der Waals surface area contributed by atoms with Crippen molar-refractivity contribution < 1.29 is 0 Å². The van der Waals surface area contributed by atoms with Gasteiger partial charge in [-0.2, -0.15) is 0 Å². The quantitative estimate of drug-likeness (QED) is 0.493. The zero-order valence-electron chi connectivity index (χ0n) is 9.24. The van der Waals surface area contributed by atoms with Crippen molar-refractivity contribution in [3.05, 3.63) is 30.2 Å². The summed E-state index contributed by atoms with van der Waals surface area (Å²) in [5.74, 6) is 0.481. The molecule has 0 aliphatic carbocycles. The lowest BCUT2D eigenvalue weighted by molar-refractivity contribution is 1.02. The Labute approximate surface area is 135 Å². The molecule has 5 nitrogen and oxygen atoms in total. The van der Waals surface area contributed by atoms with Crippen LogP contribution in [0.25, 0.3) is 0 Å². The highest BCUT2D eigenvalue weighted by molar-refractivity contribution is 8.12. The molecule has 0 bridgehead atoms. The molecule has 0 saturated carbocycles. The van der Waals surface area contributed by atoms with Crippen LogP contribution in [0.2, 0.25) is 0 Å². The summed E-state index contributed by atoms with van der Waals surface area (Å²) in [6, 6.07) is 0. The predicted octanol–water partition coefficient (Wildman–Crippen LogP) is 2.59. The van der Waals surface area contributed by atoms with Gasteiger partial charge in [0.1, 0.15) is 0 Å². The molecular formula is C9H7N5S5. The largest absolute Gasteiger partial charge is 0.259 e. The second kappa shape index (κ2) is 6.57. The van der Waals surface area contributed by atoms with Crippen molar-refractivity contribution in [3.8, 4) is 0 Å². The molecule has 0 unspecified atom stereocenters. The van der Waals surface area contributed by atoms with Crippen molar-refractivity contribution in [2.45, 2.75) is 0 Å². The van der Waals surface area contributed by atoms with Gasteiger partial charge in [-0.15, -0.1) is 36.6 Å². The third-order valence-electron chi connectivity index (χ3n) is 1.93. The lowest BCUT2D eigenvalue weighted by Gasteiger charge is -2.32. The van der Waals surface area contributed by atoms with Gasteiger partial charge in [-0.05, 0) is 0 Å². The summed E-state index contributed by atoms with van der Waals surface area (Å²) in [5.41, 5.74) is 0. The van der Waals surface area contributed by atoms with E-state index in [1.807, 2.05) is 5.38 Å². The summed E-state index contributed by atoms with van der Waals surface area (Å²) < 4.78 is 0.532. The monoisotopic (exact) mass is 345 g/mol. The van der Waals surface area contributed by atoms with E-state index in [4.69, 9.17) is 24.4 Å². The molecule has 0 radical (unpaired) electrons. The number of hydrogen-bond donors (Lipinski definition) is 2. The average molecular weight is 346 g/mol. The number of thiol groups is 2. The molecule has 0 aromatic carbocycles. The molecule has 0 fully saturated rings. The van der Waals surface area contributed by atoms with E-state index in [0.29, 0.717) is 10.9 Å². The van der Waals surface area contributed by atoms with Gasteiger partial charge in [0.25, 0.3) is 0 Å². The highest BCUT2D eigenvalue weighted by Gasteiger charge is 2.24. The van der Waals surface area contributed by atoms with Gasteiger partial charge in [0.05, 0.1) is 6.20 Å². The van der Waals surface area contributed by atoms with Gasteiger partial charge < -0.3 is 0 Å². The van der Waals surface area contributed by atoms with Gasteiger partial charge in [-0.25, -0.2) is 20.0 Å². The summed E-state index contributed by atoms with van der Waals surface area (Å²) in [7, 11) is 0. The second-order valence-corrected chi connectivity index (χ2v) is 6.17. The normalized spacial score (nSPS) is 10.0. The first kappa shape index (κ1) is 14.6. The van der Waals surface area contributed by atoms with Crippen molar-refractivity contribution in [2.24, 2.45) is 0 Å². The number of nitrogens with zero attached hydrogens (tertiary/aromatic N) is 5. The maximum Gasteiger partial charge on any atom is 0.210 e. The lowest BCUT2D eigenvalue weighted by atomic mass is 10.6. The summed E-state index contributed by atoms with van der Waals surface area (Å²) in [5, 5.41) is 5.49. The fourth-order valence-corrected chi connectivity index (χ4v) is 2.74. The molecule has 98 valence electrons. The molecule has 0 atom stereocenters. The van der Waals surface area contributed by atoms with Crippen molar-refractivity contribution in [1.29, 1.82) is 0 Å². The smallest absolute Gasteiger partial charge is 0.210 e. The van der Waals surface area contributed by atoms with Crippen molar-refractivity contribution in [2.75, 3.05) is 10.0 Å². The molecular weight excluding hydrogens is 338 g/mol. The summed E-state index contributed by atoms with van der Waals surface area (Å²) in [6.45, 7) is 0. The van der Waals surface area contributed by atoms with Gasteiger partial charge in [0, 0.05) is 24.0 Å². The molecule has 0 spiro atoms. The summed E-state index contributed by atoms with van der Waals surface area (Å²) in [4.78, 5) is 12.4. The van der Waals surface area contributed by atoms with Crippen LogP contribution in [0.5, 0.6) is 0 Å². The third kappa shape index (κ3) is 3.39. The Bertz CT molecular complexity index is 572. The van der Waals surface area contributed by atoms with Crippen LogP contribution in [-0.4, -0.2) is 23.6 Å². The number of thiocarbonyl (C=S) groups is 2. The van der Waals surface area contributed by atoms with Gasteiger partial charge in [-0.3, -0.25) is 4.98 Å². The number of rotatable bonds is 2. The molecule has 0 N–H and O–H groups in total. The molecule has 0 saturated heterocycles. The van der Waals surface area contributed by atoms with E-state index < -0.39 is 0 Å². The number of hydrazine groups is 1. The van der Waals surface area contributed by atoms with Crippen LogP contribution in [-0.2, 0) is 0 Å². The van der Waals surface area contributed by atoms with E-state index in [1.54, 1.807) is 29.8 Å². The van der Waals surface area contributed by atoms with E-state index in [2.05, 4.69) is 40.2 Å². The van der Waals surface area contributed by atoms with Crippen molar-refractivity contribution >= 4 is 80.6 Å². The average Bonchev–Trinajstić information content (AvgIpc) is 2.89. The van der Waals surface area contributed by atoms with Crippen molar-refractivity contribution in [3.63, 3.8) is 0 Å². The fourth-order valence-electron chi connectivity index (χ4n) is 1.26. The Morgan fingerprint density at radius 2 is 1.79 bits per heavy atom. The molecule has 0 amide bonds. The first-order chi connectivity index (χ1) is 9.11. The molecule has 19 heavy (non-hydrogen) atoms. The number of anilines is 2. The van der Waals surface area contributed by atoms with E-state index in [9.17, 15) is 0 Å². The Hall–Kier alpha value is -0.810. The second-order valence-electron chi connectivity index (χ2n) is 3.07. The highest BCUT2D eigenvalue weighted by atomic mass is 32.1. The number of hydrogen-bond acceptors (Lipinski definition) is 6. The van der Waals surface area contributed by atoms with Crippen LogP contribution in [0.1, 0.15) is 0 Å². The van der Waals surface area contributed by atoms with Gasteiger partial charge in [0.15, 0.2) is 14.5 Å². The van der Waals surface area contributed by atoms with Crippen LogP contribution in [0, 0.1) is 0 Å². The van der Waals surface area contributed by atoms with Gasteiger partial charge >= 0.3 is 0 Å². The van der Waals surface area contributed by atoms with Crippen molar-refractivity contribution in [1.82, 2.24) is 15.0 Å². The van der Waals surface area contributed by atoms with Crippen LogP contribution in [0.15, 0.2) is 30.2 Å². The highest BCUT2D eigenvalue weighted by Crippen LogP contribution is 2.25. The number of thiazole rings is 1. The maximum atomic E-state index is 5.13. The minimum atomic E-state index is 0.257. The predicted molar refractivity (Wildman–Crippen MR) is 92.3 cm³/mol. The summed E-state index contributed by atoms with van der Waals surface area (Å²) in [6.07, 6.45) is 6.33. The van der Waals surface area contributed by atoms with Crippen LogP contribution in [0.4, 0.5) is 10.9 Å².